The minimum Gasteiger partial charge on any atom is -0.341 e. The van der Waals surface area contributed by atoms with E-state index in [0.29, 0.717) is 11.8 Å². The Morgan fingerprint density at radius 3 is 3.00 bits per heavy atom. The molecule has 6 heteroatoms. The summed E-state index contributed by atoms with van der Waals surface area (Å²) in [5.74, 6) is 0.913. The molecule has 1 saturated carbocycles. The first-order valence-corrected chi connectivity index (χ1v) is 9.61. The number of aryl methyl sites for hydroxylation is 1. The summed E-state index contributed by atoms with van der Waals surface area (Å²) in [7, 11) is 1.93. The lowest BCUT2D eigenvalue weighted by Crippen LogP contribution is -2.36. The van der Waals surface area contributed by atoms with Gasteiger partial charge in [-0.2, -0.15) is 5.10 Å². The van der Waals surface area contributed by atoms with Crippen molar-refractivity contribution in [2.75, 3.05) is 26.2 Å². The van der Waals surface area contributed by atoms with Crippen LogP contribution in [0.3, 0.4) is 0 Å². The van der Waals surface area contributed by atoms with E-state index in [1.807, 2.05) is 35.5 Å². The van der Waals surface area contributed by atoms with Gasteiger partial charge in [0, 0.05) is 56.8 Å². The van der Waals surface area contributed by atoms with E-state index in [1.165, 1.54) is 10.4 Å². The van der Waals surface area contributed by atoms with Gasteiger partial charge in [0.25, 0.3) is 0 Å². The van der Waals surface area contributed by atoms with E-state index in [1.54, 1.807) is 0 Å². The molecule has 0 spiro atoms. The van der Waals surface area contributed by atoms with E-state index in [-0.39, 0.29) is 5.92 Å². The predicted molar refractivity (Wildman–Crippen MR) is 94.8 cm³/mol. The van der Waals surface area contributed by atoms with Crippen LogP contribution in [0.4, 0.5) is 0 Å². The predicted octanol–water partition coefficient (Wildman–Crippen LogP) is 2.32. The fourth-order valence-electron chi connectivity index (χ4n) is 3.67. The molecule has 4 rings (SSSR count). The maximum Gasteiger partial charge on any atom is 0.226 e. The number of hydrogen-bond donors (Lipinski definition) is 0. The van der Waals surface area contributed by atoms with Gasteiger partial charge >= 0.3 is 0 Å². The Hall–Kier alpha value is -1.66. The van der Waals surface area contributed by atoms with E-state index in [9.17, 15) is 4.79 Å². The summed E-state index contributed by atoms with van der Waals surface area (Å²) in [6.45, 7) is 4.84. The average Bonchev–Trinajstić information content (AvgIpc) is 3.10. The van der Waals surface area contributed by atoms with Crippen molar-refractivity contribution in [3.05, 3.63) is 40.3 Å². The zero-order valence-corrected chi connectivity index (χ0v) is 14.9. The highest BCUT2D eigenvalue weighted by Gasteiger charge is 2.46. The van der Waals surface area contributed by atoms with Gasteiger partial charge in [-0.15, -0.1) is 11.3 Å². The van der Waals surface area contributed by atoms with Crippen molar-refractivity contribution in [1.29, 1.82) is 0 Å². The molecule has 5 nitrogen and oxygen atoms in total. The number of thiophene rings is 1. The smallest absolute Gasteiger partial charge is 0.226 e. The number of aromatic nitrogens is 2. The highest BCUT2D eigenvalue weighted by atomic mass is 32.1. The van der Waals surface area contributed by atoms with E-state index in [0.717, 1.165) is 45.6 Å². The number of hydrogen-bond acceptors (Lipinski definition) is 4. The van der Waals surface area contributed by atoms with Gasteiger partial charge in [-0.1, -0.05) is 6.07 Å². The third kappa shape index (κ3) is 3.39. The second kappa shape index (κ2) is 6.69. The summed E-state index contributed by atoms with van der Waals surface area (Å²) in [6.07, 6.45) is 6.01. The monoisotopic (exact) mass is 344 g/mol. The molecule has 2 fully saturated rings. The van der Waals surface area contributed by atoms with Crippen LogP contribution in [0.2, 0.25) is 0 Å². The lowest BCUT2D eigenvalue weighted by atomic mass is 10.2. The van der Waals surface area contributed by atoms with Crippen LogP contribution >= 0.6 is 11.3 Å². The minimum atomic E-state index is 0.179. The quantitative estimate of drug-likeness (QED) is 0.855. The van der Waals surface area contributed by atoms with Gasteiger partial charge in [0.2, 0.25) is 5.91 Å². The minimum absolute atomic E-state index is 0.179. The number of rotatable bonds is 4. The van der Waals surface area contributed by atoms with Gasteiger partial charge in [0.1, 0.15) is 0 Å². The van der Waals surface area contributed by atoms with Crippen molar-refractivity contribution >= 4 is 17.2 Å². The molecule has 3 heterocycles. The highest BCUT2D eigenvalue weighted by molar-refractivity contribution is 7.09. The fraction of sp³-hybridized carbons (Fsp3) is 0.556. The normalized spacial score (nSPS) is 24.8. The Morgan fingerprint density at radius 1 is 1.33 bits per heavy atom. The molecule has 1 amide bonds. The number of amides is 1. The summed E-state index contributed by atoms with van der Waals surface area (Å²) < 4.78 is 1.82. The molecule has 0 bridgehead atoms. The molecular weight excluding hydrogens is 320 g/mol. The lowest BCUT2D eigenvalue weighted by molar-refractivity contribution is -0.132. The molecule has 0 unspecified atom stereocenters. The largest absolute Gasteiger partial charge is 0.341 e. The Labute approximate surface area is 146 Å². The summed E-state index contributed by atoms with van der Waals surface area (Å²) in [5, 5.41) is 6.36. The van der Waals surface area contributed by atoms with Crippen molar-refractivity contribution in [3.63, 3.8) is 0 Å². The molecule has 2 aliphatic rings. The van der Waals surface area contributed by atoms with Crippen LogP contribution < -0.4 is 0 Å². The average molecular weight is 344 g/mol. The Bertz CT molecular complexity index is 696. The summed E-state index contributed by atoms with van der Waals surface area (Å²) in [6, 6.07) is 4.31. The first-order chi connectivity index (χ1) is 11.7. The van der Waals surface area contributed by atoms with Gasteiger partial charge in [0.15, 0.2) is 0 Å². The van der Waals surface area contributed by atoms with Crippen LogP contribution in [-0.4, -0.2) is 51.7 Å². The van der Waals surface area contributed by atoms with Gasteiger partial charge in [-0.05, 0) is 35.8 Å². The summed E-state index contributed by atoms with van der Waals surface area (Å²) >= 11 is 1.82. The molecule has 2 atom stereocenters. The molecule has 0 aromatic carbocycles. The van der Waals surface area contributed by atoms with E-state index < -0.39 is 0 Å². The zero-order valence-electron chi connectivity index (χ0n) is 14.1. The van der Waals surface area contributed by atoms with Gasteiger partial charge < -0.3 is 4.90 Å². The van der Waals surface area contributed by atoms with Crippen LogP contribution in [0.1, 0.15) is 29.2 Å². The first-order valence-electron chi connectivity index (χ1n) is 8.73. The number of carbonyl (C=O) groups excluding carboxylic acids is 1. The molecule has 1 aliphatic heterocycles. The second-order valence-corrected chi connectivity index (χ2v) is 7.96. The van der Waals surface area contributed by atoms with Crippen LogP contribution in [0.25, 0.3) is 0 Å². The maximum atomic E-state index is 12.8. The molecular formula is C18H24N4OS. The van der Waals surface area contributed by atoms with Crippen LogP contribution in [0.5, 0.6) is 0 Å². The van der Waals surface area contributed by atoms with Gasteiger partial charge in [0.05, 0.1) is 6.20 Å². The zero-order chi connectivity index (χ0) is 16.5. The van der Waals surface area contributed by atoms with Crippen molar-refractivity contribution in [2.45, 2.75) is 25.3 Å². The Balaban J connectivity index is 1.31. The molecule has 24 heavy (non-hydrogen) atoms. The third-order valence-corrected chi connectivity index (χ3v) is 5.98. The van der Waals surface area contributed by atoms with Crippen molar-refractivity contribution in [2.24, 2.45) is 13.0 Å². The molecule has 2 aromatic rings. The highest BCUT2D eigenvalue weighted by Crippen LogP contribution is 2.48. The summed E-state index contributed by atoms with van der Waals surface area (Å²) in [4.78, 5) is 18.8. The molecule has 2 aromatic heterocycles. The lowest BCUT2D eigenvalue weighted by Gasteiger charge is -2.22. The molecule has 0 N–H and O–H groups in total. The van der Waals surface area contributed by atoms with Crippen LogP contribution in [-0.2, 0) is 18.4 Å². The Kier molecular flexibility index (Phi) is 4.41. The molecule has 0 radical (unpaired) electrons. The molecule has 128 valence electrons. The van der Waals surface area contributed by atoms with Crippen LogP contribution in [0, 0.1) is 5.92 Å². The number of carbonyl (C=O) groups is 1. The van der Waals surface area contributed by atoms with Crippen molar-refractivity contribution in [3.8, 4) is 0 Å². The van der Waals surface area contributed by atoms with E-state index in [4.69, 9.17) is 0 Å². The standard InChI is InChI=1S/C18H24N4OS/c1-20-12-14(11-19-20)16-10-17(16)18(23)22-6-3-5-21(7-8-22)13-15-4-2-9-24-15/h2,4,9,11-12,16-17H,3,5-8,10,13H2,1H3/t16-,17+/m1/s1. The Morgan fingerprint density at radius 2 is 2.25 bits per heavy atom. The second-order valence-electron chi connectivity index (χ2n) is 6.93. The first kappa shape index (κ1) is 15.8. The van der Waals surface area contributed by atoms with Gasteiger partial charge in [-0.3, -0.25) is 14.4 Å². The topological polar surface area (TPSA) is 41.4 Å². The SMILES string of the molecule is Cn1cc([C@H]2C[C@@H]2C(=O)N2CCCN(Cc3cccs3)CC2)cn1. The fourth-order valence-corrected chi connectivity index (χ4v) is 4.42. The molecule has 1 aliphatic carbocycles. The third-order valence-electron chi connectivity index (χ3n) is 5.12. The van der Waals surface area contributed by atoms with Crippen molar-refractivity contribution in [1.82, 2.24) is 19.6 Å². The van der Waals surface area contributed by atoms with E-state index in [2.05, 4.69) is 32.4 Å². The number of nitrogens with zero attached hydrogens (tertiary/aromatic N) is 4. The van der Waals surface area contributed by atoms with Crippen molar-refractivity contribution < 1.29 is 4.79 Å². The van der Waals surface area contributed by atoms with Gasteiger partial charge in [-0.25, -0.2) is 0 Å². The molecule has 1 saturated heterocycles. The maximum absolute atomic E-state index is 12.8. The van der Waals surface area contributed by atoms with E-state index >= 15 is 0 Å². The van der Waals surface area contributed by atoms with Crippen LogP contribution in [0.15, 0.2) is 29.9 Å². The summed E-state index contributed by atoms with van der Waals surface area (Å²) in [5.41, 5.74) is 1.21.